The molecular weight excluding hydrogens is 492 g/mol. The molecule has 3 rings (SSSR count). The van der Waals surface area contributed by atoms with Crippen molar-refractivity contribution in [3.63, 3.8) is 0 Å². The van der Waals surface area contributed by atoms with Crippen LogP contribution in [0.1, 0.15) is 17.5 Å². The molecule has 0 fully saturated rings. The number of anilines is 2. The lowest BCUT2D eigenvalue weighted by Crippen LogP contribution is -2.23. The quantitative estimate of drug-likeness (QED) is 0.432. The summed E-state index contributed by atoms with van der Waals surface area (Å²) in [7, 11) is -2.86. The van der Waals surface area contributed by atoms with E-state index in [0.29, 0.717) is 11.6 Å². The summed E-state index contributed by atoms with van der Waals surface area (Å²) in [5, 5.41) is 8.36. The second-order valence-electron chi connectivity index (χ2n) is 7.55. The van der Waals surface area contributed by atoms with Gasteiger partial charge in [-0.1, -0.05) is 12.1 Å². The fourth-order valence-corrected chi connectivity index (χ4v) is 4.10. The van der Waals surface area contributed by atoms with Gasteiger partial charge in [-0.2, -0.15) is 21.6 Å². The van der Waals surface area contributed by atoms with Gasteiger partial charge in [0.1, 0.15) is 17.5 Å². The molecule has 35 heavy (non-hydrogen) atoms. The highest BCUT2D eigenvalue weighted by Gasteiger charge is 2.35. The van der Waals surface area contributed by atoms with Crippen LogP contribution in [0.4, 0.5) is 29.2 Å². The summed E-state index contributed by atoms with van der Waals surface area (Å²) >= 11 is 0. The number of aromatic nitrogens is 2. The Kier molecular flexibility index (Phi) is 7.29. The lowest BCUT2D eigenvalue weighted by molar-refractivity contribution is -0.138. The van der Waals surface area contributed by atoms with E-state index in [1.165, 1.54) is 43.1 Å². The first-order chi connectivity index (χ1) is 16.3. The molecule has 0 saturated carbocycles. The number of nitrogens with zero attached hydrogens (tertiary/aromatic N) is 3. The highest BCUT2D eigenvalue weighted by Crippen LogP contribution is 2.38. The summed E-state index contributed by atoms with van der Waals surface area (Å²) in [6.07, 6.45) is -5.03. The average molecular weight is 512 g/mol. The molecule has 0 bridgehead atoms. The van der Waals surface area contributed by atoms with Gasteiger partial charge in [-0.05, 0) is 48.9 Å². The molecule has 2 aromatic heterocycles. The number of hydrogen-bond donors (Lipinski definition) is 2. The van der Waals surface area contributed by atoms with Gasteiger partial charge in [-0.15, -0.1) is 0 Å². The molecule has 0 aliphatic heterocycles. The molecule has 1 aromatic carbocycles. The predicted octanol–water partition coefficient (Wildman–Crippen LogP) is 4.32. The minimum absolute atomic E-state index is 0.0655. The number of alkyl halides is 3. The second-order valence-corrected chi connectivity index (χ2v) is 9.18. The van der Waals surface area contributed by atoms with Gasteiger partial charge in [-0.25, -0.2) is 14.4 Å². The number of sulfonamides is 1. The fraction of sp³-hybridized carbons (Fsp3) is 0.227. The molecule has 0 atom stereocenters. The number of pyridine rings is 2. The zero-order valence-corrected chi connectivity index (χ0v) is 19.3. The first-order valence-electron chi connectivity index (χ1n) is 10.1. The largest absolute Gasteiger partial charge is 0.481 e. The molecule has 186 valence electrons. The van der Waals surface area contributed by atoms with E-state index >= 15 is 0 Å². The van der Waals surface area contributed by atoms with Crippen LogP contribution in [0.25, 0.3) is 11.3 Å². The molecule has 8 nitrogen and oxygen atoms in total. The van der Waals surface area contributed by atoms with E-state index in [2.05, 4.69) is 14.7 Å². The second kappa shape index (κ2) is 9.86. The predicted molar refractivity (Wildman–Crippen MR) is 120 cm³/mol. The lowest BCUT2D eigenvalue weighted by Gasteiger charge is -2.18. The molecular formula is C22H20F4N4O4S. The standard InChI is InChI=1S/C22H20F4N4O4S/c1-13-6-7-14(23)12-15(13)21-16(22(24,25)26)8-9-17(27-21)29-35(33,34)19-5-3-4-18(28-19)30(2)11-10-20(31)32/h3-9,12H,10-11H2,1-2H3,(H,27,29)(H,31,32). The van der Waals surface area contributed by atoms with E-state index in [9.17, 15) is 30.8 Å². The van der Waals surface area contributed by atoms with Gasteiger partial charge in [0.05, 0.1) is 17.7 Å². The molecule has 3 aromatic rings. The van der Waals surface area contributed by atoms with Crippen molar-refractivity contribution >= 4 is 27.6 Å². The molecule has 0 aliphatic rings. The summed E-state index contributed by atoms with van der Waals surface area (Å²) in [5.41, 5.74) is -1.62. The van der Waals surface area contributed by atoms with Crippen LogP contribution < -0.4 is 9.62 Å². The molecule has 0 unspecified atom stereocenters. The highest BCUT2D eigenvalue weighted by molar-refractivity contribution is 7.92. The van der Waals surface area contributed by atoms with Crippen LogP contribution in [0.5, 0.6) is 0 Å². The summed E-state index contributed by atoms with van der Waals surface area (Å²) in [4.78, 5) is 20.1. The Morgan fingerprint density at radius 2 is 1.83 bits per heavy atom. The molecule has 0 saturated heterocycles. The van der Waals surface area contributed by atoms with Gasteiger partial charge in [0.15, 0.2) is 5.03 Å². The van der Waals surface area contributed by atoms with E-state index in [4.69, 9.17) is 5.11 Å². The maximum Gasteiger partial charge on any atom is 0.418 e. The Morgan fingerprint density at radius 3 is 2.49 bits per heavy atom. The van der Waals surface area contributed by atoms with Gasteiger partial charge < -0.3 is 10.0 Å². The third kappa shape index (κ3) is 6.23. The number of aliphatic carboxylic acids is 1. The lowest BCUT2D eigenvalue weighted by atomic mass is 10.0. The highest BCUT2D eigenvalue weighted by atomic mass is 32.2. The zero-order valence-electron chi connectivity index (χ0n) is 18.5. The Labute approximate surface area is 198 Å². The van der Waals surface area contributed by atoms with Crippen molar-refractivity contribution in [2.45, 2.75) is 24.5 Å². The SMILES string of the molecule is Cc1ccc(F)cc1-c1nc(NS(=O)(=O)c2cccc(N(C)CCC(=O)O)n2)ccc1C(F)(F)F. The molecule has 2 heterocycles. The van der Waals surface area contributed by atoms with E-state index < -0.39 is 50.1 Å². The van der Waals surface area contributed by atoms with Crippen LogP contribution in [-0.4, -0.2) is 43.1 Å². The number of halogens is 4. The summed E-state index contributed by atoms with van der Waals surface area (Å²) in [5.74, 6) is -2.08. The van der Waals surface area contributed by atoms with E-state index in [0.717, 1.165) is 18.2 Å². The average Bonchev–Trinajstić information content (AvgIpc) is 2.78. The third-order valence-corrected chi connectivity index (χ3v) is 6.19. The Hall–Kier alpha value is -3.74. The van der Waals surface area contributed by atoms with Crippen LogP contribution in [0.15, 0.2) is 53.6 Å². The summed E-state index contributed by atoms with van der Waals surface area (Å²) < 4.78 is 82.5. The number of carboxylic acids is 1. The van der Waals surface area contributed by atoms with Crippen molar-refractivity contribution in [1.29, 1.82) is 0 Å². The Bertz CT molecular complexity index is 1360. The van der Waals surface area contributed by atoms with Gasteiger partial charge in [-0.3, -0.25) is 9.52 Å². The van der Waals surface area contributed by atoms with Crippen molar-refractivity contribution in [2.75, 3.05) is 23.2 Å². The van der Waals surface area contributed by atoms with E-state index in [-0.39, 0.29) is 24.3 Å². The minimum atomic E-state index is -4.82. The van der Waals surface area contributed by atoms with Gasteiger partial charge >= 0.3 is 12.1 Å². The van der Waals surface area contributed by atoms with Gasteiger partial charge in [0.25, 0.3) is 10.0 Å². The van der Waals surface area contributed by atoms with Crippen LogP contribution in [-0.2, 0) is 21.0 Å². The van der Waals surface area contributed by atoms with Crippen LogP contribution in [0.2, 0.25) is 0 Å². The normalized spacial score (nSPS) is 11.8. The van der Waals surface area contributed by atoms with E-state index in [1.807, 2.05) is 0 Å². The Balaban J connectivity index is 1.99. The number of aryl methyl sites for hydroxylation is 1. The molecule has 0 spiro atoms. The van der Waals surface area contributed by atoms with Crippen LogP contribution in [0.3, 0.4) is 0 Å². The van der Waals surface area contributed by atoms with E-state index in [1.54, 1.807) is 0 Å². The van der Waals surface area contributed by atoms with Crippen molar-refractivity contribution in [3.05, 3.63) is 65.5 Å². The monoisotopic (exact) mass is 512 g/mol. The fourth-order valence-electron chi connectivity index (χ4n) is 3.13. The van der Waals surface area contributed by atoms with Crippen LogP contribution in [0, 0.1) is 12.7 Å². The number of hydrogen-bond acceptors (Lipinski definition) is 6. The number of benzene rings is 1. The van der Waals surface area contributed by atoms with Crippen molar-refractivity contribution in [3.8, 4) is 11.3 Å². The summed E-state index contributed by atoms with van der Waals surface area (Å²) in [6.45, 7) is 1.54. The topological polar surface area (TPSA) is 112 Å². The molecule has 0 aliphatic carbocycles. The molecule has 0 amide bonds. The minimum Gasteiger partial charge on any atom is -0.481 e. The first kappa shape index (κ1) is 25.9. The smallest absolute Gasteiger partial charge is 0.418 e. The van der Waals surface area contributed by atoms with Gasteiger partial charge in [0, 0.05) is 19.2 Å². The number of nitrogens with one attached hydrogen (secondary N) is 1. The zero-order chi connectivity index (χ0) is 26.0. The molecule has 2 N–H and O–H groups in total. The van der Waals surface area contributed by atoms with Gasteiger partial charge in [0.2, 0.25) is 0 Å². The molecule has 0 radical (unpaired) electrons. The third-order valence-electron chi connectivity index (χ3n) is 4.93. The van der Waals surface area contributed by atoms with Crippen molar-refractivity contribution < 1.29 is 35.9 Å². The van der Waals surface area contributed by atoms with Crippen molar-refractivity contribution in [2.24, 2.45) is 0 Å². The Morgan fingerprint density at radius 1 is 1.11 bits per heavy atom. The number of carboxylic acid groups (broad SMARTS) is 1. The van der Waals surface area contributed by atoms with Crippen molar-refractivity contribution in [1.82, 2.24) is 9.97 Å². The maximum absolute atomic E-state index is 13.8. The number of rotatable bonds is 8. The maximum atomic E-state index is 13.8. The number of carbonyl (C=O) groups is 1. The first-order valence-corrected chi connectivity index (χ1v) is 11.5. The van der Waals surface area contributed by atoms with Crippen LogP contribution >= 0.6 is 0 Å². The molecule has 13 heteroatoms. The summed E-state index contributed by atoms with van der Waals surface area (Å²) in [6, 6.07) is 8.81.